The predicted molar refractivity (Wildman–Crippen MR) is 87.1 cm³/mol. The number of rotatable bonds is 4. The van der Waals surface area contributed by atoms with Gasteiger partial charge in [-0.05, 0) is 34.9 Å². The summed E-state index contributed by atoms with van der Waals surface area (Å²) in [5.41, 5.74) is 1.24. The lowest BCUT2D eigenvalue weighted by atomic mass is 9.90. The van der Waals surface area contributed by atoms with Gasteiger partial charge in [0.25, 0.3) is 0 Å². The molecule has 2 aromatic carbocycles. The molecule has 0 saturated carbocycles. The first kappa shape index (κ1) is 13.5. The van der Waals surface area contributed by atoms with E-state index in [1.54, 1.807) is 17.4 Å². The molecule has 3 aromatic rings. The fourth-order valence-electron chi connectivity index (χ4n) is 2.66. The normalized spacial score (nSPS) is 12.7. The Labute approximate surface area is 127 Å². The molecule has 102 valence electrons. The van der Waals surface area contributed by atoms with Crippen molar-refractivity contribution in [1.29, 1.82) is 0 Å². The van der Waals surface area contributed by atoms with Crippen LogP contribution in [0.3, 0.4) is 0 Å². The van der Waals surface area contributed by atoms with Crippen LogP contribution in [0.25, 0.3) is 10.8 Å². The van der Waals surface area contributed by atoms with Gasteiger partial charge in [-0.1, -0.05) is 36.4 Å². The maximum Gasteiger partial charge on any atom is 0.123 e. The summed E-state index contributed by atoms with van der Waals surface area (Å²) in [5, 5.41) is 14.1. The Bertz CT molecular complexity index is 706. The number of halogens is 1. The van der Waals surface area contributed by atoms with Crippen LogP contribution in [-0.4, -0.2) is 11.0 Å². The molecule has 0 aliphatic carbocycles. The topological polar surface area (TPSA) is 20.2 Å². The Balaban J connectivity index is 2.19. The van der Waals surface area contributed by atoms with Crippen LogP contribution >= 0.6 is 22.9 Å². The maximum atomic E-state index is 10.0. The Hall–Kier alpha value is -1.51. The summed E-state index contributed by atoms with van der Waals surface area (Å²) in [5.74, 6) is 1.25. The Morgan fingerprint density at radius 3 is 2.50 bits per heavy atom. The lowest BCUT2D eigenvalue weighted by Crippen LogP contribution is -2.01. The summed E-state index contributed by atoms with van der Waals surface area (Å²) in [4.78, 5) is 1.32. The van der Waals surface area contributed by atoms with E-state index in [4.69, 9.17) is 11.6 Å². The van der Waals surface area contributed by atoms with E-state index in [1.165, 1.54) is 10.4 Å². The lowest BCUT2D eigenvalue weighted by Gasteiger charge is -2.17. The zero-order chi connectivity index (χ0) is 13.9. The molecule has 3 heteroatoms. The predicted octanol–water partition coefficient (Wildman–Crippen LogP) is 5.37. The molecule has 1 nitrogen and oxygen atoms in total. The average Bonchev–Trinajstić information content (AvgIpc) is 3.00. The number of hydrogen-bond acceptors (Lipinski definition) is 2. The molecule has 1 heterocycles. The van der Waals surface area contributed by atoms with E-state index in [1.807, 2.05) is 24.3 Å². The van der Waals surface area contributed by atoms with Crippen LogP contribution in [0.5, 0.6) is 5.75 Å². The second-order valence-corrected chi connectivity index (χ2v) is 6.12. The molecule has 1 N–H and O–H groups in total. The van der Waals surface area contributed by atoms with Crippen molar-refractivity contribution < 1.29 is 5.11 Å². The minimum atomic E-state index is 0.290. The van der Waals surface area contributed by atoms with E-state index >= 15 is 0 Å². The third-order valence-corrected chi connectivity index (χ3v) is 4.80. The van der Waals surface area contributed by atoms with Crippen LogP contribution < -0.4 is 0 Å². The quantitative estimate of drug-likeness (QED) is 0.643. The first-order valence-electron chi connectivity index (χ1n) is 6.61. The largest absolute Gasteiger partial charge is 0.507 e. The molecule has 1 aromatic heterocycles. The third kappa shape index (κ3) is 2.41. The minimum absolute atomic E-state index is 0.290. The first-order chi connectivity index (χ1) is 9.81. The summed E-state index contributed by atoms with van der Waals surface area (Å²) in [7, 11) is 0. The van der Waals surface area contributed by atoms with Gasteiger partial charge in [0.2, 0.25) is 0 Å². The summed E-state index contributed by atoms with van der Waals surface area (Å²) in [6, 6.07) is 16.0. The van der Waals surface area contributed by atoms with E-state index in [0.717, 1.165) is 17.2 Å². The Morgan fingerprint density at radius 1 is 1.00 bits per heavy atom. The van der Waals surface area contributed by atoms with Gasteiger partial charge in [0.05, 0.1) is 0 Å². The summed E-state index contributed by atoms with van der Waals surface area (Å²) >= 11 is 7.76. The second kappa shape index (κ2) is 5.86. The van der Waals surface area contributed by atoms with Crippen molar-refractivity contribution in [1.82, 2.24) is 0 Å². The van der Waals surface area contributed by atoms with Crippen molar-refractivity contribution in [2.24, 2.45) is 0 Å². The Morgan fingerprint density at radius 2 is 1.80 bits per heavy atom. The molecule has 0 spiro atoms. The van der Waals surface area contributed by atoms with Gasteiger partial charge in [-0.2, -0.15) is 0 Å². The Kier molecular flexibility index (Phi) is 3.95. The number of benzene rings is 2. The van der Waals surface area contributed by atoms with Crippen LogP contribution in [0.1, 0.15) is 22.8 Å². The van der Waals surface area contributed by atoms with Crippen LogP contribution in [0.15, 0.2) is 53.9 Å². The van der Waals surface area contributed by atoms with Crippen LogP contribution in [-0.2, 0) is 0 Å². The standard InChI is InChI=1S/C17H15ClOS/c18-10-9-15(17-6-3-11-20-17)13-7-8-16(19)14-5-2-1-4-12(13)14/h1-8,11,15,19H,9-10H2. The number of fused-ring (bicyclic) bond motifs is 1. The number of alkyl halides is 1. The van der Waals surface area contributed by atoms with Crippen molar-refractivity contribution in [3.63, 3.8) is 0 Å². The number of aromatic hydroxyl groups is 1. The fraction of sp³-hybridized carbons (Fsp3) is 0.176. The van der Waals surface area contributed by atoms with Crippen molar-refractivity contribution >= 4 is 33.7 Å². The highest BCUT2D eigenvalue weighted by atomic mass is 35.5. The molecule has 0 saturated heterocycles. The van der Waals surface area contributed by atoms with Crippen LogP contribution in [0.4, 0.5) is 0 Å². The highest BCUT2D eigenvalue weighted by molar-refractivity contribution is 7.10. The summed E-state index contributed by atoms with van der Waals surface area (Å²) in [6.07, 6.45) is 0.900. The number of phenolic OH excluding ortho intramolecular Hbond substituents is 1. The van der Waals surface area contributed by atoms with E-state index in [9.17, 15) is 5.11 Å². The van der Waals surface area contributed by atoms with Gasteiger partial charge in [-0.25, -0.2) is 0 Å². The zero-order valence-electron chi connectivity index (χ0n) is 10.9. The van der Waals surface area contributed by atoms with Gasteiger partial charge in [0.1, 0.15) is 5.75 Å². The molecule has 3 rings (SSSR count). The van der Waals surface area contributed by atoms with Crippen LogP contribution in [0.2, 0.25) is 0 Å². The minimum Gasteiger partial charge on any atom is -0.507 e. The van der Waals surface area contributed by atoms with E-state index in [-0.39, 0.29) is 5.92 Å². The van der Waals surface area contributed by atoms with Gasteiger partial charge >= 0.3 is 0 Å². The molecule has 0 aliphatic heterocycles. The number of hydrogen-bond donors (Lipinski definition) is 1. The monoisotopic (exact) mass is 302 g/mol. The van der Waals surface area contributed by atoms with Gasteiger partial charge in [0.15, 0.2) is 0 Å². The zero-order valence-corrected chi connectivity index (χ0v) is 12.5. The molecule has 0 radical (unpaired) electrons. The number of thiophene rings is 1. The molecule has 20 heavy (non-hydrogen) atoms. The fourth-order valence-corrected chi connectivity index (χ4v) is 3.76. The highest BCUT2D eigenvalue weighted by Crippen LogP contribution is 2.38. The smallest absolute Gasteiger partial charge is 0.123 e. The van der Waals surface area contributed by atoms with E-state index in [2.05, 4.69) is 23.6 Å². The first-order valence-corrected chi connectivity index (χ1v) is 8.02. The van der Waals surface area contributed by atoms with E-state index in [0.29, 0.717) is 11.6 Å². The van der Waals surface area contributed by atoms with Crippen LogP contribution in [0, 0.1) is 0 Å². The van der Waals surface area contributed by atoms with Crippen molar-refractivity contribution in [3.05, 3.63) is 64.4 Å². The molecule has 0 amide bonds. The number of phenols is 1. The molecule has 0 aliphatic rings. The lowest BCUT2D eigenvalue weighted by molar-refractivity contribution is 0.481. The summed E-state index contributed by atoms with van der Waals surface area (Å²) in [6.45, 7) is 0. The highest BCUT2D eigenvalue weighted by Gasteiger charge is 2.18. The molecule has 0 fully saturated rings. The maximum absolute atomic E-state index is 10.0. The molecule has 1 unspecified atom stereocenters. The summed E-state index contributed by atoms with van der Waals surface area (Å²) < 4.78 is 0. The van der Waals surface area contributed by atoms with E-state index < -0.39 is 0 Å². The molecule has 0 bridgehead atoms. The van der Waals surface area contributed by atoms with Crippen molar-refractivity contribution in [2.45, 2.75) is 12.3 Å². The molecular formula is C17H15ClOS. The van der Waals surface area contributed by atoms with Crippen molar-refractivity contribution in [2.75, 3.05) is 5.88 Å². The average molecular weight is 303 g/mol. The molecular weight excluding hydrogens is 288 g/mol. The van der Waals surface area contributed by atoms with Gasteiger partial charge in [0, 0.05) is 22.1 Å². The SMILES string of the molecule is Oc1ccc(C(CCCl)c2cccs2)c2ccccc12. The third-order valence-electron chi connectivity index (χ3n) is 3.59. The molecule has 1 atom stereocenters. The second-order valence-electron chi connectivity index (χ2n) is 4.77. The van der Waals surface area contributed by atoms with Gasteiger partial charge < -0.3 is 5.11 Å². The van der Waals surface area contributed by atoms with Gasteiger partial charge in [-0.15, -0.1) is 22.9 Å². The van der Waals surface area contributed by atoms with Gasteiger partial charge in [-0.3, -0.25) is 0 Å². The van der Waals surface area contributed by atoms with Crippen molar-refractivity contribution in [3.8, 4) is 5.75 Å².